The third-order valence-corrected chi connectivity index (χ3v) is 4.55. The SMILES string of the molecule is CCNC(=O)N1CC[C@@H](NC(=O)N2CCc3ccccc3C2)C1. The van der Waals surface area contributed by atoms with E-state index in [9.17, 15) is 9.59 Å². The lowest BCUT2D eigenvalue weighted by atomic mass is 10.0. The second kappa shape index (κ2) is 6.89. The lowest BCUT2D eigenvalue weighted by Gasteiger charge is -2.30. The highest BCUT2D eigenvalue weighted by Crippen LogP contribution is 2.19. The summed E-state index contributed by atoms with van der Waals surface area (Å²) in [5.74, 6) is 0. The maximum Gasteiger partial charge on any atom is 0.317 e. The second-order valence-corrected chi connectivity index (χ2v) is 6.16. The number of rotatable bonds is 2. The van der Waals surface area contributed by atoms with Crippen LogP contribution >= 0.6 is 0 Å². The van der Waals surface area contributed by atoms with Crippen molar-refractivity contribution in [2.75, 3.05) is 26.2 Å². The minimum atomic E-state index is -0.0452. The number of likely N-dealkylation sites (tertiary alicyclic amines) is 1. The van der Waals surface area contributed by atoms with Crippen molar-refractivity contribution >= 4 is 12.1 Å². The van der Waals surface area contributed by atoms with Gasteiger partial charge in [-0.15, -0.1) is 0 Å². The van der Waals surface area contributed by atoms with Crippen LogP contribution in [0.4, 0.5) is 9.59 Å². The van der Waals surface area contributed by atoms with Crippen molar-refractivity contribution in [3.8, 4) is 0 Å². The molecule has 0 aromatic heterocycles. The number of amides is 4. The van der Waals surface area contributed by atoms with E-state index in [-0.39, 0.29) is 18.1 Å². The summed E-state index contributed by atoms with van der Waals surface area (Å²) in [7, 11) is 0. The van der Waals surface area contributed by atoms with Crippen LogP contribution in [0, 0.1) is 0 Å². The number of nitrogens with zero attached hydrogens (tertiary/aromatic N) is 2. The summed E-state index contributed by atoms with van der Waals surface area (Å²) in [6.07, 6.45) is 1.71. The number of hydrogen-bond donors (Lipinski definition) is 2. The van der Waals surface area contributed by atoms with Gasteiger partial charge in [-0.3, -0.25) is 0 Å². The number of benzene rings is 1. The van der Waals surface area contributed by atoms with Crippen LogP contribution in [0.2, 0.25) is 0 Å². The Morgan fingerprint density at radius 1 is 1.13 bits per heavy atom. The van der Waals surface area contributed by atoms with E-state index >= 15 is 0 Å². The summed E-state index contributed by atoms with van der Waals surface area (Å²) in [6.45, 7) is 5.22. The van der Waals surface area contributed by atoms with Gasteiger partial charge >= 0.3 is 12.1 Å². The average molecular weight is 316 g/mol. The standard InChI is InChI=1S/C17H24N4O2/c1-2-18-16(22)21-10-8-15(12-21)19-17(23)20-9-7-13-5-3-4-6-14(13)11-20/h3-6,15H,2,7-12H2,1H3,(H,18,22)(H,19,23)/t15-/m1/s1. The zero-order valence-electron chi connectivity index (χ0n) is 13.5. The number of carbonyl (C=O) groups excluding carboxylic acids is 2. The molecule has 2 heterocycles. The smallest absolute Gasteiger partial charge is 0.317 e. The van der Waals surface area contributed by atoms with E-state index in [4.69, 9.17) is 0 Å². The maximum absolute atomic E-state index is 12.5. The predicted molar refractivity (Wildman–Crippen MR) is 88.1 cm³/mol. The number of fused-ring (bicyclic) bond motifs is 1. The molecule has 6 heteroatoms. The zero-order valence-corrected chi connectivity index (χ0v) is 13.5. The molecule has 0 aliphatic carbocycles. The molecule has 1 atom stereocenters. The first-order chi connectivity index (χ1) is 11.2. The Kier molecular flexibility index (Phi) is 4.69. The third-order valence-electron chi connectivity index (χ3n) is 4.55. The van der Waals surface area contributed by atoms with Crippen LogP contribution in [-0.2, 0) is 13.0 Å². The molecule has 124 valence electrons. The molecule has 6 nitrogen and oxygen atoms in total. The largest absolute Gasteiger partial charge is 0.338 e. The van der Waals surface area contributed by atoms with Crippen molar-refractivity contribution in [1.82, 2.24) is 20.4 Å². The van der Waals surface area contributed by atoms with Gasteiger partial charge in [0.15, 0.2) is 0 Å². The van der Waals surface area contributed by atoms with Gasteiger partial charge in [0.25, 0.3) is 0 Å². The van der Waals surface area contributed by atoms with Gasteiger partial charge in [0.05, 0.1) is 0 Å². The molecule has 0 unspecified atom stereocenters. The van der Waals surface area contributed by atoms with Gasteiger partial charge in [0.1, 0.15) is 0 Å². The highest BCUT2D eigenvalue weighted by molar-refractivity contribution is 5.76. The Bertz CT molecular complexity index is 590. The predicted octanol–water partition coefficient (Wildman–Crippen LogP) is 1.56. The molecule has 0 spiro atoms. The first-order valence-corrected chi connectivity index (χ1v) is 8.32. The van der Waals surface area contributed by atoms with Gasteiger partial charge < -0.3 is 20.4 Å². The van der Waals surface area contributed by atoms with E-state index in [1.807, 2.05) is 24.0 Å². The molecule has 1 aromatic carbocycles. The molecule has 1 saturated heterocycles. The first kappa shape index (κ1) is 15.6. The molecule has 0 radical (unpaired) electrons. The lowest BCUT2D eigenvalue weighted by molar-refractivity contribution is 0.187. The van der Waals surface area contributed by atoms with Crippen molar-refractivity contribution in [3.05, 3.63) is 35.4 Å². The quantitative estimate of drug-likeness (QED) is 0.869. The normalized spacial score (nSPS) is 20.1. The van der Waals surface area contributed by atoms with Crippen molar-refractivity contribution in [1.29, 1.82) is 0 Å². The molecule has 23 heavy (non-hydrogen) atoms. The van der Waals surface area contributed by atoms with Crippen LogP contribution < -0.4 is 10.6 Å². The van der Waals surface area contributed by atoms with E-state index in [0.29, 0.717) is 26.2 Å². The van der Waals surface area contributed by atoms with Crippen molar-refractivity contribution in [3.63, 3.8) is 0 Å². The van der Waals surface area contributed by atoms with Crippen molar-refractivity contribution < 1.29 is 9.59 Å². The molecule has 3 rings (SSSR count). The summed E-state index contributed by atoms with van der Waals surface area (Å²) in [4.78, 5) is 27.9. The molecule has 0 bridgehead atoms. The molecule has 2 N–H and O–H groups in total. The fraction of sp³-hybridized carbons (Fsp3) is 0.529. The Balaban J connectivity index is 1.52. The van der Waals surface area contributed by atoms with Crippen molar-refractivity contribution in [2.24, 2.45) is 0 Å². The van der Waals surface area contributed by atoms with Crippen LogP contribution in [0.25, 0.3) is 0 Å². The molecular weight excluding hydrogens is 292 g/mol. The summed E-state index contributed by atoms with van der Waals surface area (Å²) in [5, 5.41) is 5.87. The summed E-state index contributed by atoms with van der Waals surface area (Å²) < 4.78 is 0. The zero-order chi connectivity index (χ0) is 16.2. The number of hydrogen-bond acceptors (Lipinski definition) is 2. The summed E-state index contributed by atoms with van der Waals surface area (Å²) in [6, 6.07) is 8.25. The average Bonchev–Trinajstić information content (AvgIpc) is 3.03. The molecule has 2 aliphatic heterocycles. The topological polar surface area (TPSA) is 64.7 Å². The monoisotopic (exact) mass is 316 g/mol. The molecule has 4 amide bonds. The van der Waals surface area contributed by atoms with Gasteiger partial charge in [0.2, 0.25) is 0 Å². The van der Waals surface area contributed by atoms with E-state index < -0.39 is 0 Å². The fourth-order valence-electron chi connectivity index (χ4n) is 3.26. The van der Waals surface area contributed by atoms with Gasteiger partial charge in [-0.1, -0.05) is 24.3 Å². The number of carbonyl (C=O) groups is 2. The minimum absolute atomic E-state index is 0.0257. The van der Waals surface area contributed by atoms with Crippen LogP contribution in [0.5, 0.6) is 0 Å². The lowest BCUT2D eigenvalue weighted by Crippen LogP contribution is -2.48. The molecule has 0 saturated carbocycles. The van der Waals surface area contributed by atoms with E-state index in [0.717, 1.165) is 19.4 Å². The molecular formula is C17H24N4O2. The Morgan fingerprint density at radius 3 is 2.70 bits per heavy atom. The van der Waals surface area contributed by atoms with Gasteiger partial charge in [-0.2, -0.15) is 0 Å². The first-order valence-electron chi connectivity index (χ1n) is 8.32. The Morgan fingerprint density at radius 2 is 1.91 bits per heavy atom. The van der Waals surface area contributed by atoms with Crippen LogP contribution in [0.3, 0.4) is 0 Å². The second-order valence-electron chi connectivity index (χ2n) is 6.16. The number of urea groups is 2. The van der Waals surface area contributed by atoms with E-state index in [1.165, 1.54) is 11.1 Å². The van der Waals surface area contributed by atoms with E-state index in [1.54, 1.807) is 4.90 Å². The van der Waals surface area contributed by atoms with E-state index in [2.05, 4.69) is 22.8 Å². The molecule has 2 aliphatic rings. The maximum atomic E-state index is 12.5. The fourth-order valence-corrected chi connectivity index (χ4v) is 3.26. The molecule has 1 fully saturated rings. The van der Waals surface area contributed by atoms with Crippen molar-refractivity contribution in [2.45, 2.75) is 32.4 Å². The Labute approximate surface area is 136 Å². The highest BCUT2D eigenvalue weighted by Gasteiger charge is 2.29. The third kappa shape index (κ3) is 3.57. The Hall–Kier alpha value is -2.24. The summed E-state index contributed by atoms with van der Waals surface area (Å²) in [5.41, 5.74) is 2.56. The molecule has 1 aromatic rings. The number of nitrogens with one attached hydrogen (secondary N) is 2. The van der Waals surface area contributed by atoms with Crippen LogP contribution in [0.15, 0.2) is 24.3 Å². The minimum Gasteiger partial charge on any atom is -0.338 e. The van der Waals surface area contributed by atoms with Crippen LogP contribution in [-0.4, -0.2) is 54.1 Å². The highest BCUT2D eigenvalue weighted by atomic mass is 16.2. The van der Waals surface area contributed by atoms with Crippen LogP contribution in [0.1, 0.15) is 24.5 Å². The van der Waals surface area contributed by atoms with Gasteiger partial charge in [0, 0.05) is 38.8 Å². The summed E-state index contributed by atoms with van der Waals surface area (Å²) >= 11 is 0. The van der Waals surface area contributed by atoms with Gasteiger partial charge in [-0.05, 0) is 30.9 Å². The van der Waals surface area contributed by atoms with Gasteiger partial charge in [-0.25, -0.2) is 9.59 Å².